The third-order valence-electron chi connectivity index (χ3n) is 15.3. The van der Waals surface area contributed by atoms with Gasteiger partial charge in [-0.05, 0) is 119 Å². The van der Waals surface area contributed by atoms with Gasteiger partial charge in [-0.2, -0.15) is 0 Å². The van der Waals surface area contributed by atoms with E-state index in [0.29, 0.717) is 0 Å². The molecule has 0 aliphatic heterocycles. The second kappa shape index (κ2) is 16.0. The van der Waals surface area contributed by atoms with Crippen LogP contribution in [0.1, 0.15) is 144 Å². The zero-order valence-corrected chi connectivity index (χ0v) is 30.5. The van der Waals surface area contributed by atoms with E-state index in [4.69, 9.17) is 0 Å². The van der Waals surface area contributed by atoms with E-state index in [1.807, 2.05) is 0 Å². The number of hydrogen-bond acceptors (Lipinski definition) is 0. The molecule has 0 heterocycles. The highest BCUT2D eigenvalue weighted by Gasteiger charge is 2.39. The van der Waals surface area contributed by atoms with Crippen LogP contribution in [-0.2, 0) is 0 Å². The van der Waals surface area contributed by atoms with Gasteiger partial charge in [0.05, 0.1) is 0 Å². The highest BCUT2D eigenvalue weighted by atomic mass is 14.4. The van der Waals surface area contributed by atoms with Crippen molar-refractivity contribution in [3.8, 4) is 0 Å². The summed E-state index contributed by atoms with van der Waals surface area (Å²) in [5.74, 6) is 14.4. The average molecular weight is 547 g/mol. The molecule has 0 bridgehead atoms. The monoisotopic (exact) mass is 547 g/mol. The molecular formula is C39H78. The second-order valence-corrected chi connectivity index (χ2v) is 16.5. The largest absolute Gasteiger partial charge is 0.0651 e. The van der Waals surface area contributed by atoms with Gasteiger partial charge in [0.15, 0.2) is 0 Å². The Bertz CT molecular complexity index is 661. The van der Waals surface area contributed by atoms with Crippen molar-refractivity contribution in [1.29, 1.82) is 0 Å². The first-order chi connectivity index (χ1) is 17.9. The van der Waals surface area contributed by atoms with Crippen LogP contribution in [0.4, 0.5) is 0 Å². The molecule has 39 heavy (non-hydrogen) atoms. The summed E-state index contributed by atoms with van der Waals surface area (Å²) in [5.41, 5.74) is 0. The van der Waals surface area contributed by atoms with Crippen molar-refractivity contribution in [2.45, 2.75) is 144 Å². The molecular weight excluding hydrogens is 468 g/mol. The fourth-order valence-electron chi connectivity index (χ4n) is 8.64. The van der Waals surface area contributed by atoms with Gasteiger partial charge in [0.2, 0.25) is 0 Å². The molecule has 0 aromatic rings. The Balaban J connectivity index is 2.81. The Labute approximate surface area is 250 Å². The minimum atomic E-state index is 0.757. The Morgan fingerprint density at radius 3 is 0.744 bits per heavy atom. The van der Waals surface area contributed by atoms with E-state index in [2.05, 4.69) is 125 Å². The molecule has 234 valence electrons. The molecule has 17 atom stereocenters. The summed E-state index contributed by atoms with van der Waals surface area (Å²) in [6, 6.07) is 0. The molecule has 0 heteroatoms. The van der Waals surface area contributed by atoms with Gasteiger partial charge in [-0.25, -0.2) is 0 Å². The summed E-state index contributed by atoms with van der Waals surface area (Å²) < 4.78 is 0. The van der Waals surface area contributed by atoms with Crippen LogP contribution in [0, 0.1) is 107 Å². The lowest BCUT2D eigenvalue weighted by Gasteiger charge is -2.43. The van der Waals surface area contributed by atoms with Crippen molar-refractivity contribution in [2.24, 2.45) is 107 Å². The Morgan fingerprint density at radius 2 is 0.538 bits per heavy atom. The highest BCUT2D eigenvalue weighted by Crippen LogP contribution is 2.47. The third-order valence-corrected chi connectivity index (χ3v) is 15.3. The summed E-state index contributed by atoms with van der Waals surface area (Å²) in [6.45, 7) is 45.8. The molecule has 0 radical (unpaired) electrons. The van der Waals surface area contributed by atoms with Gasteiger partial charge in [0, 0.05) is 0 Å². The van der Waals surface area contributed by atoms with Gasteiger partial charge >= 0.3 is 0 Å². The van der Waals surface area contributed by atoms with Gasteiger partial charge in [0.1, 0.15) is 0 Å². The van der Waals surface area contributed by atoms with Gasteiger partial charge < -0.3 is 0 Å². The van der Waals surface area contributed by atoms with Crippen LogP contribution in [0.2, 0.25) is 0 Å². The topological polar surface area (TPSA) is 0 Å². The molecule has 0 spiro atoms. The summed E-state index contributed by atoms with van der Waals surface area (Å²) in [5, 5.41) is 0. The Morgan fingerprint density at radius 1 is 0.333 bits per heavy atom. The first-order valence-electron chi connectivity index (χ1n) is 17.9. The minimum Gasteiger partial charge on any atom is -0.0651 e. The molecule has 1 fully saturated rings. The van der Waals surface area contributed by atoms with E-state index >= 15 is 0 Å². The predicted molar refractivity (Wildman–Crippen MR) is 179 cm³/mol. The minimum absolute atomic E-state index is 0.757. The zero-order valence-electron chi connectivity index (χ0n) is 30.5. The van der Waals surface area contributed by atoms with Crippen molar-refractivity contribution >= 4 is 0 Å². The van der Waals surface area contributed by atoms with Crippen LogP contribution in [-0.4, -0.2) is 0 Å². The first-order valence-corrected chi connectivity index (χ1v) is 17.9. The Kier molecular flexibility index (Phi) is 15.2. The van der Waals surface area contributed by atoms with Crippen LogP contribution < -0.4 is 0 Å². The van der Waals surface area contributed by atoms with Crippen LogP contribution in [0.5, 0.6) is 0 Å². The molecule has 1 aliphatic rings. The van der Waals surface area contributed by atoms with Crippen LogP contribution in [0.15, 0.2) is 0 Å². The number of hydrogen-bond donors (Lipinski definition) is 0. The number of rotatable bonds is 18. The molecule has 0 nitrogen and oxygen atoms in total. The summed E-state index contributed by atoms with van der Waals surface area (Å²) in [4.78, 5) is 0. The van der Waals surface area contributed by atoms with Gasteiger partial charge in [0.25, 0.3) is 0 Å². The van der Waals surface area contributed by atoms with Gasteiger partial charge in [-0.15, -0.1) is 0 Å². The SMILES string of the molecule is CCC(C)C(C)C(C)C(C)C(C)C(C)C(C)C(C)C(C)C(C)C(C)C(C)C(C)C(C)C(C)C(C)C(C)C1CC1. The lowest BCUT2D eigenvalue weighted by atomic mass is 9.62. The molecule has 0 N–H and O–H groups in total. The fourth-order valence-corrected chi connectivity index (χ4v) is 8.64. The molecule has 0 saturated heterocycles. The van der Waals surface area contributed by atoms with E-state index in [1.165, 1.54) is 19.3 Å². The Hall–Kier alpha value is 0. The normalized spacial score (nSPS) is 27.8. The van der Waals surface area contributed by atoms with Crippen LogP contribution in [0.25, 0.3) is 0 Å². The quantitative estimate of drug-likeness (QED) is 0.160. The van der Waals surface area contributed by atoms with Gasteiger partial charge in [-0.1, -0.05) is 131 Å². The smallest absolute Gasteiger partial charge is 0.0386 e. The molecule has 0 aromatic carbocycles. The van der Waals surface area contributed by atoms with Gasteiger partial charge in [-0.3, -0.25) is 0 Å². The third kappa shape index (κ3) is 9.24. The van der Waals surface area contributed by atoms with E-state index in [-0.39, 0.29) is 0 Å². The maximum Gasteiger partial charge on any atom is -0.0386 e. The lowest BCUT2D eigenvalue weighted by Crippen LogP contribution is -2.37. The van der Waals surface area contributed by atoms with E-state index < -0.39 is 0 Å². The van der Waals surface area contributed by atoms with Crippen LogP contribution >= 0.6 is 0 Å². The maximum absolute atomic E-state index is 2.58. The van der Waals surface area contributed by atoms with E-state index in [1.54, 1.807) is 0 Å². The zero-order chi connectivity index (χ0) is 30.5. The molecule has 17 unspecified atom stereocenters. The lowest BCUT2D eigenvalue weighted by molar-refractivity contribution is 0.0511. The van der Waals surface area contributed by atoms with E-state index in [9.17, 15) is 0 Å². The van der Waals surface area contributed by atoms with Crippen molar-refractivity contribution in [3.63, 3.8) is 0 Å². The van der Waals surface area contributed by atoms with Crippen molar-refractivity contribution < 1.29 is 0 Å². The summed E-state index contributed by atoms with van der Waals surface area (Å²) in [7, 11) is 0. The van der Waals surface area contributed by atoms with E-state index in [0.717, 1.165) is 107 Å². The molecule has 0 aromatic heterocycles. The summed E-state index contributed by atoms with van der Waals surface area (Å²) in [6.07, 6.45) is 4.26. The second-order valence-electron chi connectivity index (χ2n) is 16.5. The predicted octanol–water partition coefficient (Wildman–Crippen LogP) is 12.6. The molecule has 0 amide bonds. The molecule has 1 aliphatic carbocycles. The van der Waals surface area contributed by atoms with Crippen molar-refractivity contribution in [1.82, 2.24) is 0 Å². The molecule has 1 rings (SSSR count). The first kappa shape index (κ1) is 37.0. The standard InChI is InChI=1S/C39H78/c1-19-22(2)23(3)24(4)25(5)26(6)27(7)28(8)29(9)30(10)31(11)32(12)33(13)34(14)35(15)36(16)37(17)38(18)39-20-21-39/h22-39H,19-21H2,1-18H3. The highest BCUT2D eigenvalue weighted by molar-refractivity contribution is 4.88. The van der Waals surface area contributed by atoms with Crippen LogP contribution in [0.3, 0.4) is 0 Å². The van der Waals surface area contributed by atoms with Crippen molar-refractivity contribution in [3.05, 3.63) is 0 Å². The molecule has 1 saturated carbocycles. The van der Waals surface area contributed by atoms with Crippen molar-refractivity contribution in [2.75, 3.05) is 0 Å². The fraction of sp³-hybridized carbons (Fsp3) is 1.00. The maximum atomic E-state index is 2.58. The summed E-state index contributed by atoms with van der Waals surface area (Å²) >= 11 is 0. The average Bonchev–Trinajstić information content (AvgIpc) is 3.79.